The summed E-state index contributed by atoms with van der Waals surface area (Å²) in [5.74, 6) is 1.17. The zero-order valence-corrected chi connectivity index (χ0v) is 17.1. The summed E-state index contributed by atoms with van der Waals surface area (Å²) < 4.78 is 5.43. The molecular formula is C23H27N5O2. The molecule has 2 aromatic carbocycles. The molecule has 3 N–H and O–H groups in total. The van der Waals surface area contributed by atoms with E-state index in [9.17, 15) is 5.11 Å². The number of aliphatic hydroxyl groups is 1. The molecular weight excluding hydrogens is 378 g/mol. The van der Waals surface area contributed by atoms with Crippen molar-refractivity contribution in [2.75, 3.05) is 48.4 Å². The van der Waals surface area contributed by atoms with E-state index < -0.39 is 0 Å². The average Bonchev–Trinajstić information content (AvgIpc) is 2.80. The third-order valence-corrected chi connectivity index (χ3v) is 4.96. The van der Waals surface area contributed by atoms with Crippen LogP contribution in [0.2, 0.25) is 0 Å². The second kappa shape index (κ2) is 9.56. The number of aromatic nitrogens is 2. The molecule has 1 aliphatic heterocycles. The molecule has 0 radical (unpaired) electrons. The Hall–Kier alpha value is -3.16. The first-order valence-electron chi connectivity index (χ1n) is 10.2. The maximum atomic E-state index is 9.37. The molecule has 3 aromatic rings. The van der Waals surface area contributed by atoms with Crippen molar-refractivity contribution in [1.82, 2.24) is 9.97 Å². The molecule has 2 heterocycles. The molecule has 1 saturated heterocycles. The van der Waals surface area contributed by atoms with E-state index in [1.807, 2.05) is 43.3 Å². The third-order valence-electron chi connectivity index (χ3n) is 4.96. The van der Waals surface area contributed by atoms with Gasteiger partial charge in [-0.1, -0.05) is 30.3 Å². The molecule has 0 amide bonds. The standard InChI is InChI=1S/C23H27N5O2/c1-17(16-29)24-23-26-21(18-5-3-2-4-6-18)15-22(27-23)25-19-7-9-20(10-8-19)28-11-13-30-14-12-28/h2-10,15,17,29H,11-14,16H2,1H3,(H2,24,25,26,27)/t17-/m0/s1. The number of aliphatic hydroxyl groups excluding tert-OH is 1. The summed E-state index contributed by atoms with van der Waals surface area (Å²) in [5.41, 5.74) is 3.96. The van der Waals surface area contributed by atoms with Crippen LogP contribution in [0.5, 0.6) is 0 Å². The number of anilines is 4. The van der Waals surface area contributed by atoms with Gasteiger partial charge in [0, 0.05) is 42.1 Å². The predicted octanol–water partition coefficient (Wildman–Crippen LogP) is 3.52. The lowest BCUT2D eigenvalue weighted by Gasteiger charge is -2.28. The second-order valence-electron chi connectivity index (χ2n) is 7.33. The lowest BCUT2D eigenvalue weighted by atomic mass is 10.1. The van der Waals surface area contributed by atoms with Gasteiger partial charge in [0.1, 0.15) is 5.82 Å². The number of hydrogen-bond acceptors (Lipinski definition) is 7. The molecule has 30 heavy (non-hydrogen) atoms. The van der Waals surface area contributed by atoms with Crippen molar-refractivity contribution in [2.45, 2.75) is 13.0 Å². The van der Waals surface area contributed by atoms with Crippen molar-refractivity contribution in [2.24, 2.45) is 0 Å². The van der Waals surface area contributed by atoms with Crippen LogP contribution in [0.15, 0.2) is 60.7 Å². The monoisotopic (exact) mass is 405 g/mol. The summed E-state index contributed by atoms with van der Waals surface area (Å²) in [7, 11) is 0. The summed E-state index contributed by atoms with van der Waals surface area (Å²) in [6, 6.07) is 20.1. The fourth-order valence-electron chi connectivity index (χ4n) is 3.32. The summed E-state index contributed by atoms with van der Waals surface area (Å²) in [4.78, 5) is 11.5. The smallest absolute Gasteiger partial charge is 0.225 e. The normalized spacial score (nSPS) is 14.9. The highest BCUT2D eigenvalue weighted by atomic mass is 16.5. The fraction of sp³-hybridized carbons (Fsp3) is 0.304. The predicted molar refractivity (Wildman–Crippen MR) is 120 cm³/mol. The number of nitrogens with zero attached hydrogens (tertiary/aromatic N) is 3. The van der Waals surface area contributed by atoms with E-state index in [0.29, 0.717) is 11.8 Å². The quantitative estimate of drug-likeness (QED) is 0.555. The van der Waals surface area contributed by atoms with Gasteiger partial charge in [-0.25, -0.2) is 4.98 Å². The van der Waals surface area contributed by atoms with Gasteiger partial charge in [-0.15, -0.1) is 0 Å². The largest absolute Gasteiger partial charge is 0.394 e. The Balaban J connectivity index is 1.57. The number of morpholine rings is 1. The second-order valence-corrected chi connectivity index (χ2v) is 7.33. The molecule has 1 fully saturated rings. The van der Waals surface area contributed by atoms with E-state index in [-0.39, 0.29) is 12.6 Å². The van der Waals surface area contributed by atoms with Crippen molar-refractivity contribution in [3.05, 3.63) is 60.7 Å². The number of benzene rings is 2. The molecule has 0 bridgehead atoms. The van der Waals surface area contributed by atoms with Gasteiger partial charge in [-0.05, 0) is 31.2 Å². The topological polar surface area (TPSA) is 82.5 Å². The highest BCUT2D eigenvalue weighted by Gasteiger charge is 2.12. The van der Waals surface area contributed by atoms with Gasteiger partial charge in [0.2, 0.25) is 5.95 Å². The van der Waals surface area contributed by atoms with Gasteiger partial charge in [0.05, 0.1) is 25.5 Å². The number of ether oxygens (including phenoxy) is 1. The summed E-state index contributed by atoms with van der Waals surface area (Å²) in [5, 5.41) is 15.9. The Morgan fingerprint density at radius 2 is 1.77 bits per heavy atom. The summed E-state index contributed by atoms with van der Waals surface area (Å²) in [6.45, 7) is 5.26. The third kappa shape index (κ3) is 5.06. The van der Waals surface area contributed by atoms with E-state index in [0.717, 1.165) is 43.2 Å². The molecule has 0 spiro atoms. The maximum absolute atomic E-state index is 9.37. The molecule has 0 saturated carbocycles. The van der Waals surface area contributed by atoms with E-state index in [4.69, 9.17) is 4.74 Å². The van der Waals surface area contributed by atoms with Gasteiger partial charge in [0.25, 0.3) is 0 Å². The highest BCUT2D eigenvalue weighted by molar-refractivity contribution is 5.68. The van der Waals surface area contributed by atoms with Crippen LogP contribution >= 0.6 is 0 Å². The summed E-state index contributed by atoms with van der Waals surface area (Å²) >= 11 is 0. The Bertz CT molecular complexity index is 944. The van der Waals surface area contributed by atoms with E-state index in [1.165, 1.54) is 5.69 Å². The molecule has 0 unspecified atom stereocenters. The van der Waals surface area contributed by atoms with Crippen molar-refractivity contribution in [3.8, 4) is 11.3 Å². The fourth-order valence-corrected chi connectivity index (χ4v) is 3.32. The molecule has 7 heteroatoms. The summed E-state index contributed by atoms with van der Waals surface area (Å²) in [6.07, 6.45) is 0. The Morgan fingerprint density at radius 1 is 1.03 bits per heavy atom. The van der Waals surface area contributed by atoms with E-state index in [1.54, 1.807) is 0 Å². The minimum Gasteiger partial charge on any atom is -0.394 e. The SMILES string of the molecule is C[C@@H](CO)Nc1nc(Nc2ccc(N3CCOCC3)cc2)cc(-c2ccccc2)n1. The molecule has 156 valence electrons. The number of hydrogen-bond donors (Lipinski definition) is 3. The lowest BCUT2D eigenvalue weighted by molar-refractivity contribution is 0.122. The van der Waals surface area contributed by atoms with Crippen LogP contribution in [0.3, 0.4) is 0 Å². The van der Waals surface area contributed by atoms with Gasteiger partial charge < -0.3 is 25.4 Å². The van der Waals surface area contributed by atoms with Crippen LogP contribution in [-0.4, -0.2) is 54.0 Å². The first-order valence-corrected chi connectivity index (χ1v) is 10.2. The van der Waals surface area contributed by atoms with Crippen LogP contribution in [-0.2, 0) is 4.74 Å². The Morgan fingerprint density at radius 3 is 2.47 bits per heavy atom. The molecule has 1 aliphatic rings. The molecule has 1 aromatic heterocycles. The van der Waals surface area contributed by atoms with E-state index in [2.05, 4.69) is 49.8 Å². The van der Waals surface area contributed by atoms with Crippen LogP contribution in [0, 0.1) is 0 Å². The lowest BCUT2D eigenvalue weighted by Crippen LogP contribution is -2.36. The van der Waals surface area contributed by atoms with Gasteiger partial charge in [-0.2, -0.15) is 4.98 Å². The first kappa shape index (κ1) is 20.1. The van der Waals surface area contributed by atoms with Gasteiger partial charge >= 0.3 is 0 Å². The Kier molecular flexibility index (Phi) is 6.41. The maximum Gasteiger partial charge on any atom is 0.225 e. The minimum absolute atomic E-state index is 0.00465. The zero-order chi connectivity index (χ0) is 20.8. The molecule has 7 nitrogen and oxygen atoms in total. The Labute approximate surface area is 176 Å². The van der Waals surface area contributed by atoms with Gasteiger partial charge in [-0.3, -0.25) is 0 Å². The van der Waals surface area contributed by atoms with Crippen LogP contribution in [0.25, 0.3) is 11.3 Å². The average molecular weight is 406 g/mol. The van der Waals surface area contributed by atoms with Crippen molar-refractivity contribution in [1.29, 1.82) is 0 Å². The van der Waals surface area contributed by atoms with Crippen LogP contribution in [0.4, 0.5) is 23.1 Å². The number of rotatable bonds is 7. The zero-order valence-electron chi connectivity index (χ0n) is 17.1. The van der Waals surface area contributed by atoms with Crippen LogP contribution < -0.4 is 15.5 Å². The molecule has 0 aliphatic carbocycles. The molecule has 4 rings (SSSR count). The highest BCUT2D eigenvalue weighted by Crippen LogP contribution is 2.25. The number of nitrogens with one attached hydrogen (secondary N) is 2. The van der Waals surface area contributed by atoms with Crippen molar-refractivity contribution < 1.29 is 9.84 Å². The minimum atomic E-state index is -0.142. The van der Waals surface area contributed by atoms with Crippen molar-refractivity contribution >= 4 is 23.1 Å². The molecule has 1 atom stereocenters. The van der Waals surface area contributed by atoms with E-state index >= 15 is 0 Å². The van der Waals surface area contributed by atoms with Gasteiger partial charge in [0.15, 0.2) is 0 Å². The first-order chi connectivity index (χ1) is 14.7. The van der Waals surface area contributed by atoms with Crippen LogP contribution in [0.1, 0.15) is 6.92 Å². The van der Waals surface area contributed by atoms with Crippen molar-refractivity contribution in [3.63, 3.8) is 0 Å².